The van der Waals surface area contributed by atoms with Crippen LogP contribution in [0.5, 0.6) is 0 Å². The van der Waals surface area contributed by atoms with Crippen LogP contribution in [0.4, 0.5) is 0 Å². The van der Waals surface area contributed by atoms with E-state index in [2.05, 4.69) is 15.3 Å². The number of nitrogens with one attached hydrogen (secondary N) is 2. The first-order chi connectivity index (χ1) is 8.51. The van der Waals surface area contributed by atoms with E-state index in [1.165, 1.54) is 12.5 Å². The molecule has 0 spiro atoms. The van der Waals surface area contributed by atoms with Gasteiger partial charge in [0.25, 0.3) is 0 Å². The molecule has 1 aliphatic rings. The number of aromatic nitrogens is 2. The van der Waals surface area contributed by atoms with Crippen LogP contribution in [0, 0.1) is 0 Å². The summed E-state index contributed by atoms with van der Waals surface area (Å²) >= 11 is 0. The molecule has 0 bridgehead atoms. The van der Waals surface area contributed by atoms with E-state index in [4.69, 9.17) is 10.8 Å². The molecule has 0 radical (unpaired) electrons. The van der Waals surface area contributed by atoms with Crippen LogP contribution >= 0.6 is 0 Å². The van der Waals surface area contributed by atoms with Crippen LogP contribution in [-0.2, 0) is 16.0 Å². The maximum atomic E-state index is 11.9. The van der Waals surface area contributed by atoms with Crippen LogP contribution in [-0.4, -0.2) is 38.5 Å². The van der Waals surface area contributed by atoms with Crippen LogP contribution in [0.25, 0.3) is 0 Å². The minimum atomic E-state index is -1.08. The molecule has 18 heavy (non-hydrogen) atoms. The van der Waals surface area contributed by atoms with Crippen LogP contribution in [0.2, 0.25) is 0 Å². The molecule has 1 aliphatic carbocycles. The van der Waals surface area contributed by atoms with Gasteiger partial charge in [0.05, 0.1) is 11.9 Å². The van der Waals surface area contributed by atoms with Crippen LogP contribution in [0.15, 0.2) is 12.5 Å². The molecule has 1 aromatic heterocycles. The van der Waals surface area contributed by atoms with Gasteiger partial charge in [-0.3, -0.25) is 4.79 Å². The number of carbonyl (C=O) groups is 2. The van der Waals surface area contributed by atoms with Gasteiger partial charge in [-0.15, -0.1) is 0 Å². The lowest BCUT2D eigenvalue weighted by atomic mass is 9.77. The van der Waals surface area contributed by atoms with Gasteiger partial charge < -0.3 is 21.1 Å². The van der Waals surface area contributed by atoms with Gasteiger partial charge in [-0.1, -0.05) is 0 Å². The lowest BCUT2D eigenvalue weighted by Gasteiger charge is -2.36. The molecule has 1 heterocycles. The van der Waals surface area contributed by atoms with Gasteiger partial charge in [-0.25, -0.2) is 9.78 Å². The molecule has 0 aliphatic heterocycles. The highest BCUT2D eigenvalue weighted by Gasteiger charge is 2.41. The molecule has 1 amide bonds. The number of amides is 1. The Hall–Kier alpha value is -1.89. The highest BCUT2D eigenvalue weighted by molar-refractivity contribution is 5.90. The zero-order valence-electron chi connectivity index (χ0n) is 9.85. The molecular weight excluding hydrogens is 236 g/mol. The topological polar surface area (TPSA) is 121 Å². The number of aromatic amines is 1. The number of imidazole rings is 1. The van der Waals surface area contributed by atoms with Crippen molar-refractivity contribution in [3.05, 3.63) is 18.2 Å². The smallest absolute Gasteiger partial charge is 0.326 e. The molecular formula is C11H16N4O3. The fourth-order valence-corrected chi connectivity index (χ4v) is 1.90. The third-order valence-electron chi connectivity index (χ3n) is 3.28. The highest BCUT2D eigenvalue weighted by Crippen LogP contribution is 2.29. The van der Waals surface area contributed by atoms with E-state index in [-0.39, 0.29) is 12.3 Å². The fourth-order valence-electron chi connectivity index (χ4n) is 1.90. The number of H-pyrrole nitrogens is 1. The molecule has 1 fully saturated rings. The first kappa shape index (κ1) is 12.6. The number of carboxylic acids is 1. The maximum Gasteiger partial charge on any atom is 0.326 e. The van der Waals surface area contributed by atoms with Crippen molar-refractivity contribution in [2.45, 2.75) is 37.3 Å². The summed E-state index contributed by atoms with van der Waals surface area (Å²) in [6.07, 6.45) is 5.28. The van der Waals surface area contributed by atoms with Crippen molar-refractivity contribution in [1.29, 1.82) is 0 Å². The summed E-state index contributed by atoms with van der Waals surface area (Å²) in [6.45, 7) is 0. The molecule has 0 saturated heterocycles. The Morgan fingerprint density at radius 1 is 1.61 bits per heavy atom. The molecule has 1 aromatic rings. The van der Waals surface area contributed by atoms with Crippen molar-refractivity contribution in [3.8, 4) is 0 Å². The second-order valence-electron chi connectivity index (χ2n) is 4.65. The predicted octanol–water partition coefficient (Wildman–Crippen LogP) is -0.597. The molecule has 1 unspecified atom stereocenters. The normalized spacial score (nSPS) is 18.7. The number of hydrogen-bond donors (Lipinski definition) is 4. The number of nitrogens with two attached hydrogens (primary N) is 1. The van der Waals surface area contributed by atoms with Gasteiger partial charge in [0.15, 0.2) is 0 Å². The minimum absolute atomic E-state index is 0.164. The first-order valence-corrected chi connectivity index (χ1v) is 5.81. The lowest BCUT2D eigenvalue weighted by Crippen LogP contribution is -2.61. The zero-order valence-corrected chi connectivity index (χ0v) is 9.85. The summed E-state index contributed by atoms with van der Waals surface area (Å²) < 4.78 is 0. The third kappa shape index (κ3) is 2.51. The van der Waals surface area contributed by atoms with Gasteiger partial charge in [0.1, 0.15) is 6.04 Å². The Balaban J connectivity index is 1.98. The lowest BCUT2D eigenvalue weighted by molar-refractivity contribution is -0.143. The van der Waals surface area contributed by atoms with E-state index in [0.717, 1.165) is 6.42 Å². The van der Waals surface area contributed by atoms with Crippen LogP contribution in [0.1, 0.15) is 25.0 Å². The van der Waals surface area contributed by atoms with Gasteiger partial charge in [-0.05, 0) is 19.3 Å². The highest BCUT2D eigenvalue weighted by atomic mass is 16.4. The zero-order chi connectivity index (χ0) is 13.2. The maximum absolute atomic E-state index is 11.9. The molecule has 2 rings (SSSR count). The second-order valence-corrected chi connectivity index (χ2v) is 4.65. The SMILES string of the molecule is NC1(C(=O)NC(Cc2cnc[nH]2)C(=O)O)CCC1. The Morgan fingerprint density at radius 2 is 2.33 bits per heavy atom. The summed E-state index contributed by atoms with van der Waals surface area (Å²) in [7, 11) is 0. The van der Waals surface area contributed by atoms with Gasteiger partial charge in [-0.2, -0.15) is 0 Å². The average molecular weight is 252 g/mol. The van der Waals surface area contributed by atoms with E-state index in [0.29, 0.717) is 18.5 Å². The van der Waals surface area contributed by atoms with E-state index >= 15 is 0 Å². The summed E-state index contributed by atoms with van der Waals surface area (Å²) in [5.74, 6) is -1.47. The van der Waals surface area contributed by atoms with Gasteiger partial charge in [0.2, 0.25) is 5.91 Å². The van der Waals surface area contributed by atoms with Crippen molar-refractivity contribution < 1.29 is 14.7 Å². The van der Waals surface area contributed by atoms with E-state index in [9.17, 15) is 9.59 Å². The molecule has 1 saturated carbocycles. The summed E-state index contributed by atoms with van der Waals surface area (Å²) in [5, 5.41) is 11.6. The standard InChI is InChI=1S/C11H16N4O3/c12-11(2-1-3-11)10(18)15-8(9(16)17)4-7-5-13-6-14-7/h5-6,8H,1-4,12H2,(H,13,14)(H,15,18)(H,16,17). The Morgan fingerprint density at radius 3 is 2.78 bits per heavy atom. The largest absolute Gasteiger partial charge is 0.480 e. The quantitative estimate of drug-likeness (QED) is 0.557. The van der Waals surface area contributed by atoms with Crippen molar-refractivity contribution in [2.24, 2.45) is 5.73 Å². The average Bonchev–Trinajstić information content (AvgIpc) is 2.77. The van der Waals surface area contributed by atoms with Crippen LogP contribution in [0.3, 0.4) is 0 Å². The number of aliphatic carboxylic acids is 1. The Bertz CT molecular complexity index is 439. The summed E-state index contributed by atoms with van der Waals surface area (Å²) in [4.78, 5) is 29.6. The Labute approximate surface area is 104 Å². The van der Waals surface area contributed by atoms with E-state index in [1.807, 2.05) is 0 Å². The van der Waals surface area contributed by atoms with Crippen LogP contribution < -0.4 is 11.1 Å². The van der Waals surface area contributed by atoms with Gasteiger partial charge in [0, 0.05) is 18.3 Å². The molecule has 98 valence electrons. The molecule has 1 atom stereocenters. The summed E-state index contributed by atoms with van der Waals surface area (Å²) in [6, 6.07) is -0.987. The van der Waals surface area contributed by atoms with E-state index in [1.54, 1.807) is 0 Å². The fraction of sp³-hybridized carbons (Fsp3) is 0.545. The third-order valence-corrected chi connectivity index (χ3v) is 3.28. The first-order valence-electron chi connectivity index (χ1n) is 5.81. The van der Waals surface area contributed by atoms with Crippen molar-refractivity contribution in [3.63, 3.8) is 0 Å². The number of carbonyl (C=O) groups excluding carboxylic acids is 1. The number of rotatable bonds is 5. The van der Waals surface area contributed by atoms with Gasteiger partial charge >= 0.3 is 5.97 Å². The second kappa shape index (κ2) is 4.77. The molecule has 7 nitrogen and oxygen atoms in total. The van der Waals surface area contributed by atoms with Crippen molar-refractivity contribution in [1.82, 2.24) is 15.3 Å². The minimum Gasteiger partial charge on any atom is -0.480 e. The van der Waals surface area contributed by atoms with Crippen molar-refractivity contribution in [2.75, 3.05) is 0 Å². The predicted molar refractivity (Wildman–Crippen MR) is 62.6 cm³/mol. The molecule has 7 heteroatoms. The van der Waals surface area contributed by atoms with Crippen molar-refractivity contribution >= 4 is 11.9 Å². The monoisotopic (exact) mass is 252 g/mol. The van der Waals surface area contributed by atoms with E-state index < -0.39 is 17.6 Å². The Kier molecular flexibility index (Phi) is 3.33. The number of hydrogen-bond acceptors (Lipinski definition) is 4. The number of nitrogens with zero attached hydrogens (tertiary/aromatic N) is 1. The molecule has 0 aromatic carbocycles. The summed E-state index contributed by atoms with van der Waals surface area (Å²) in [5.41, 5.74) is 5.61. The molecule has 5 N–H and O–H groups in total. The number of carboxylic acid groups (broad SMARTS) is 1.